The molecule has 4 fully saturated rings. The second-order valence-corrected chi connectivity index (χ2v) is 46.6. The molecule has 0 amide bonds. The summed E-state index contributed by atoms with van der Waals surface area (Å²) in [6.45, 7) is 20.8. The summed E-state index contributed by atoms with van der Waals surface area (Å²) in [5.41, 5.74) is 5.75. The van der Waals surface area contributed by atoms with E-state index in [1.54, 1.807) is 49.8 Å². The van der Waals surface area contributed by atoms with E-state index < -0.39 is 126 Å². The maximum atomic E-state index is 10.5. The molecule has 0 saturated carbocycles. The molecule has 8 aromatic heterocycles. The number of anilines is 4. The van der Waals surface area contributed by atoms with Gasteiger partial charge in [0.05, 0.1) is 55.4 Å². The van der Waals surface area contributed by atoms with Gasteiger partial charge in [-0.15, -0.1) is 52.7 Å². The van der Waals surface area contributed by atoms with Crippen LogP contribution in [0.3, 0.4) is 0 Å². The third-order valence-corrected chi connectivity index (χ3v) is 23.9. The average molecular weight is 1500 g/mol. The van der Waals surface area contributed by atoms with Crippen LogP contribution in [0.4, 0.5) is 23.1 Å². The highest BCUT2D eigenvalue weighted by atomic mass is 31.2. The maximum Gasteiger partial charge on any atom is 0.167 e. The van der Waals surface area contributed by atoms with Crippen LogP contribution >= 0.6 is 27.5 Å². The molecule has 16 atom stereocenters. The minimum atomic E-state index is -1.22. The maximum absolute atomic E-state index is 10.5. The summed E-state index contributed by atoms with van der Waals surface area (Å²) in [7, 11) is 1.82. The van der Waals surface area contributed by atoms with Crippen molar-refractivity contribution < 1.29 is 59.8 Å². The minimum absolute atomic E-state index is 0.407. The smallest absolute Gasteiger partial charge is 0.167 e. The third-order valence-electron chi connectivity index (χ3n) is 18.0. The fourth-order valence-electron chi connectivity index (χ4n) is 12.3. The Labute approximate surface area is 597 Å². The molecule has 0 bridgehead atoms. The number of aliphatic hydroxyl groups is 8. The number of hydrogen-bond donors (Lipinski definition) is 12. The number of fused-ring (bicyclic) bond motifs is 4. The Balaban J connectivity index is 0.000000158. The Kier molecular flexibility index (Phi) is 27.2. The number of nitrogens with one attached hydrogen (secondary N) is 4. The normalized spacial score (nSPS) is 26.8. The van der Waals surface area contributed by atoms with Gasteiger partial charge in [0.2, 0.25) is 0 Å². The lowest BCUT2D eigenvalue weighted by atomic mass is 10.1. The Morgan fingerprint density at radius 3 is 0.990 bits per heavy atom. The first-order valence-corrected chi connectivity index (χ1v) is 47.0. The molecule has 0 aliphatic carbocycles. The molecule has 35 heteroatoms. The average Bonchev–Trinajstić information content (AvgIpc) is 1.65. The first-order chi connectivity index (χ1) is 48.3. The van der Waals surface area contributed by atoms with Crippen molar-refractivity contribution in [3.63, 3.8) is 0 Å². The van der Waals surface area contributed by atoms with E-state index in [9.17, 15) is 40.9 Å². The van der Waals surface area contributed by atoms with Gasteiger partial charge in [-0.1, -0.05) is 20.3 Å². The largest absolute Gasteiger partial charge is 0.388 e. The SMILES string of the molecule is C=P(C)(C)CC[C@H]1O[C@@H](n2cnc3c(NC)ccnc32)[C@H](O)[C@@H]1O.C=P(C)(C)CC[C@H]1O[C@@H](n2cnc3c(NCC)ncnc32)[C@H](O)[C@@H]1O.C=P(C)(C)CC[C@H]1O[C@@H](n2cnc3c(NCCC)ncnc32)[C@H](O)[C@@H]1O.C=P(C)(C)CC[C@H]1O[C@@H](n2cnc3c(NCCCC)ncnc32)[C@H](O)[C@@H]1O. The fourth-order valence-corrected chi connectivity index (χ4v) is 16.1. The summed E-state index contributed by atoms with van der Waals surface area (Å²) in [6, 6.07) is 1.84. The predicted molar refractivity (Wildman–Crippen MR) is 415 cm³/mol. The van der Waals surface area contributed by atoms with Gasteiger partial charge < -0.3 is 81.1 Å². The van der Waals surface area contributed by atoms with Gasteiger partial charge in [0, 0.05) is 32.9 Å². The van der Waals surface area contributed by atoms with Crippen molar-refractivity contribution in [3.8, 4) is 0 Å². The lowest BCUT2D eigenvalue weighted by molar-refractivity contribution is -0.0353. The van der Waals surface area contributed by atoms with Gasteiger partial charge in [-0.25, -0.2) is 54.8 Å². The molecule has 4 saturated heterocycles. The Hall–Kier alpha value is -5.81. The number of aliphatic hydroxyl groups excluding tert-OH is 8. The van der Waals surface area contributed by atoms with Crippen molar-refractivity contribution in [2.45, 2.75) is 164 Å². The highest BCUT2D eigenvalue weighted by Crippen LogP contribution is 2.45. The number of ether oxygens (including phenoxy) is 4. The molecular weight excluding hydrogens is 1390 g/mol. The Bertz CT molecular complexity index is 4250. The van der Waals surface area contributed by atoms with Crippen LogP contribution in [0.25, 0.3) is 44.7 Å². The van der Waals surface area contributed by atoms with E-state index in [0.717, 1.165) is 62.7 Å². The van der Waals surface area contributed by atoms with Gasteiger partial charge >= 0.3 is 0 Å². The Morgan fingerprint density at radius 1 is 0.392 bits per heavy atom. The zero-order valence-corrected chi connectivity index (χ0v) is 64.4. The lowest BCUT2D eigenvalue weighted by Gasteiger charge is -2.18. The van der Waals surface area contributed by atoms with Crippen LogP contribution in [0.15, 0.2) is 56.6 Å². The molecule has 0 aromatic carbocycles. The zero-order chi connectivity index (χ0) is 74.2. The van der Waals surface area contributed by atoms with Gasteiger partial charge in [-0.2, -0.15) is 0 Å². The number of aromatic nitrogens is 15. The van der Waals surface area contributed by atoms with Crippen molar-refractivity contribution in [2.75, 3.05) is 126 Å². The van der Waals surface area contributed by atoms with Crippen LogP contribution < -0.4 is 21.3 Å². The fraction of sp³-hybridized carbons (Fsp3) is 0.627. The van der Waals surface area contributed by atoms with E-state index in [2.05, 4.69) is 168 Å². The van der Waals surface area contributed by atoms with Gasteiger partial charge in [0.15, 0.2) is 81.5 Å². The third kappa shape index (κ3) is 19.6. The second kappa shape index (κ2) is 34.6. The number of imidazole rings is 4. The molecule has 31 nitrogen and oxygen atoms in total. The number of hydrogen-bond acceptors (Lipinski definition) is 27. The summed E-state index contributed by atoms with van der Waals surface area (Å²) in [5, 5.41) is 96.2. The molecule has 102 heavy (non-hydrogen) atoms. The first-order valence-electron chi connectivity index (χ1n) is 34.8. The van der Waals surface area contributed by atoms with Gasteiger partial charge in [-0.05, 0) is 129 Å². The molecule has 0 radical (unpaired) electrons. The van der Waals surface area contributed by atoms with Crippen LogP contribution in [0.2, 0.25) is 0 Å². The first kappa shape index (κ1) is 80.3. The molecule has 564 valence electrons. The summed E-state index contributed by atoms with van der Waals surface area (Å²) >= 11 is 0. The van der Waals surface area contributed by atoms with Gasteiger partial charge in [-0.3, -0.25) is 18.3 Å². The predicted octanol–water partition coefficient (Wildman–Crippen LogP) is 5.29. The summed E-state index contributed by atoms with van der Waals surface area (Å²) < 4.78 is 30.6. The molecule has 12 rings (SSSR count). The van der Waals surface area contributed by atoms with Gasteiger partial charge in [0.1, 0.15) is 73.3 Å². The van der Waals surface area contributed by atoms with Crippen molar-refractivity contribution in [2.24, 2.45) is 0 Å². The molecule has 0 spiro atoms. The summed E-state index contributed by atoms with van der Waals surface area (Å²) in [6.07, 6.45) is 26.1. The molecule has 4 aliphatic rings. The van der Waals surface area contributed by atoms with Crippen molar-refractivity contribution in [1.29, 1.82) is 0 Å². The van der Waals surface area contributed by atoms with E-state index in [0.29, 0.717) is 94.3 Å². The number of unbranched alkanes of at least 4 members (excludes halogenated alkanes) is 1. The van der Waals surface area contributed by atoms with Crippen LogP contribution in [-0.2, 0) is 18.9 Å². The van der Waals surface area contributed by atoms with Crippen LogP contribution in [-0.4, -0.2) is 317 Å². The standard InChI is InChI=1S/C18H30N5O3P.C17H28N5O3P.C16H26N5O3P.C16H25N4O3P/c1-5-6-8-19-16-13-17(21-10-20-16)23(11-22-13)18-15(25)14(24)12(26-18)7-9-27(2,3)4;1-5-7-18-15-12-16(20-9-19-15)22(10-21-12)17-14(24)13(23)11(25-17)6-8-26(2,3)4;1-5-17-14-11-15(19-8-18-14)21(9-20-11)16-13(23)12(22)10(24-16)6-7-25(2,3)4;1-17-10-5-7-18-15-12(10)19-9-20(15)16-14(22)13(21)11(23-16)6-8-24(2,3)4/h10-12,14-15,18,24-25H,2,5-9H2,1,3-4H3,(H,19,20,21);9-11,13-14,17,23-24H,2,5-8H2,1,3-4H3,(H,18,19,20);8-10,12-13,16,22-23H,2,5-7H2,1,3-4H3,(H,17,18,19);5,7,9,11,13-14,16,21-22H,2,6,8H2,1,3-4H3,(H,17,18)/t12-,14-,15-,18-;11-,13-,14-,17-;10-,12-,13-,16-;11-,13-,14-,16-/m1111/s1. The van der Waals surface area contributed by atoms with E-state index >= 15 is 0 Å². The van der Waals surface area contributed by atoms with Crippen molar-refractivity contribution >= 4 is 121 Å². The van der Waals surface area contributed by atoms with Crippen LogP contribution in [0, 0.1) is 0 Å². The number of rotatable bonds is 26. The minimum Gasteiger partial charge on any atom is -0.388 e. The second-order valence-electron chi connectivity index (χ2n) is 29.3. The quantitative estimate of drug-likeness (QED) is 0.0242. The Morgan fingerprint density at radius 2 is 0.696 bits per heavy atom. The zero-order valence-electron chi connectivity index (χ0n) is 60.9. The summed E-state index contributed by atoms with van der Waals surface area (Å²) in [4.78, 5) is 47.4. The molecule has 0 unspecified atom stereocenters. The highest BCUT2D eigenvalue weighted by molar-refractivity contribution is 7.73. The van der Waals surface area contributed by atoms with Gasteiger partial charge in [0.25, 0.3) is 0 Å². The van der Waals surface area contributed by atoms with Crippen molar-refractivity contribution in [1.82, 2.24) is 73.1 Å². The van der Waals surface area contributed by atoms with Crippen LogP contribution in [0.5, 0.6) is 0 Å². The van der Waals surface area contributed by atoms with Crippen molar-refractivity contribution in [3.05, 3.63) is 56.6 Å². The molecular formula is C67H109N19O12P4. The monoisotopic (exact) mass is 1500 g/mol. The van der Waals surface area contributed by atoms with E-state index in [-0.39, 0.29) is 0 Å². The lowest BCUT2D eigenvalue weighted by Crippen LogP contribution is -2.31. The molecule has 4 aliphatic heterocycles. The molecule has 12 N–H and O–H groups in total. The van der Waals surface area contributed by atoms with E-state index in [1.165, 1.54) is 19.0 Å². The topological polar surface area (TPSA) is 408 Å². The van der Waals surface area contributed by atoms with E-state index in [1.807, 2.05) is 20.0 Å². The van der Waals surface area contributed by atoms with E-state index in [4.69, 9.17) is 18.9 Å². The molecule has 12 heterocycles. The molecule has 8 aromatic rings. The summed E-state index contributed by atoms with van der Waals surface area (Å²) in [5.74, 6) is 1.96. The van der Waals surface area contributed by atoms with Crippen LogP contribution in [0.1, 0.15) is 90.6 Å². The highest BCUT2D eigenvalue weighted by Gasteiger charge is 2.48. The number of pyridine rings is 1. The number of nitrogens with zero attached hydrogens (tertiary/aromatic N) is 15.